The minimum absolute atomic E-state index is 0.276. The number of carbonyl (C=O) groups is 1. The van der Waals surface area contributed by atoms with Crippen molar-refractivity contribution in [3.8, 4) is 0 Å². The number of amides is 1. The van der Waals surface area contributed by atoms with Gasteiger partial charge in [-0.2, -0.15) is 0 Å². The van der Waals surface area contributed by atoms with Gasteiger partial charge in [-0.3, -0.25) is 4.79 Å². The van der Waals surface area contributed by atoms with Gasteiger partial charge in [0.1, 0.15) is 0 Å². The van der Waals surface area contributed by atoms with Gasteiger partial charge in [0.2, 0.25) is 5.91 Å². The summed E-state index contributed by atoms with van der Waals surface area (Å²) in [6.45, 7) is 8.02. The molecular formula is C17H25NO. The van der Waals surface area contributed by atoms with E-state index in [1.165, 1.54) is 18.4 Å². The molecule has 2 nitrogen and oxygen atoms in total. The molecule has 1 heterocycles. The maximum Gasteiger partial charge on any atom is 0.232 e. The second-order valence-electron chi connectivity index (χ2n) is 6.20. The molecule has 1 aromatic rings. The summed E-state index contributed by atoms with van der Waals surface area (Å²) in [6.07, 6.45) is 4.81. The first-order chi connectivity index (χ1) is 9.01. The van der Waals surface area contributed by atoms with Crippen molar-refractivity contribution in [3.05, 3.63) is 35.4 Å². The number of hydrogen-bond donors (Lipinski definition) is 0. The monoisotopic (exact) mass is 259 g/mol. The minimum Gasteiger partial charge on any atom is -0.342 e. The Balaban J connectivity index is 2.17. The Morgan fingerprint density at radius 1 is 1.00 bits per heavy atom. The first kappa shape index (κ1) is 14.1. The number of likely N-dealkylation sites (tertiary alicyclic amines) is 1. The molecule has 0 aromatic heterocycles. The largest absolute Gasteiger partial charge is 0.342 e. The molecule has 1 aliphatic heterocycles. The Bertz CT molecular complexity index is 425. The quantitative estimate of drug-likeness (QED) is 0.793. The number of carbonyl (C=O) groups excluding carboxylic acids is 1. The lowest BCUT2D eigenvalue weighted by molar-refractivity contribution is -0.136. The molecule has 0 N–H and O–H groups in total. The fourth-order valence-corrected chi connectivity index (χ4v) is 2.76. The highest BCUT2D eigenvalue weighted by atomic mass is 16.2. The van der Waals surface area contributed by atoms with E-state index in [0.29, 0.717) is 0 Å². The van der Waals surface area contributed by atoms with Crippen LogP contribution in [0.4, 0.5) is 0 Å². The van der Waals surface area contributed by atoms with Crippen molar-refractivity contribution in [2.24, 2.45) is 0 Å². The summed E-state index contributed by atoms with van der Waals surface area (Å²) in [6, 6.07) is 8.36. The van der Waals surface area contributed by atoms with Crippen LogP contribution in [0.1, 0.15) is 50.7 Å². The molecule has 104 valence electrons. The molecule has 1 saturated heterocycles. The third kappa shape index (κ3) is 3.17. The Hall–Kier alpha value is -1.31. The number of aryl methyl sites for hydroxylation is 1. The van der Waals surface area contributed by atoms with E-state index in [9.17, 15) is 4.79 Å². The Morgan fingerprint density at radius 3 is 2.05 bits per heavy atom. The van der Waals surface area contributed by atoms with E-state index in [1.54, 1.807) is 0 Å². The average Bonchev–Trinajstić information content (AvgIpc) is 2.67. The third-order valence-electron chi connectivity index (χ3n) is 4.20. The van der Waals surface area contributed by atoms with E-state index in [-0.39, 0.29) is 5.91 Å². The summed E-state index contributed by atoms with van der Waals surface area (Å²) < 4.78 is 0. The summed E-state index contributed by atoms with van der Waals surface area (Å²) in [4.78, 5) is 14.8. The fraction of sp³-hybridized carbons (Fsp3) is 0.588. The summed E-state index contributed by atoms with van der Waals surface area (Å²) in [5.74, 6) is 0.276. The van der Waals surface area contributed by atoms with Crippen LogP contribution in [0.25, 0.3) is 0 Å². The van der Waals surface area contributed by atoms with Crippen LogP contribution < -0.4 is 0 Å². The lowest BCUT2D eigenvalue weighted by atomic mass is 9.82. The standard InChI is InChI=1S/C17H25NO/c1-14-8-10-15(11-9-14)17(2,3)16(19)18-12-6-4-5-7-13-18/h8-11H,4-7,12-13H2,1-3H3. The zero-order valence-electron chi connectivity index (χ0n) is 12.4. The van der Waals surface area contributed by atoms with Gasteiger partial charge in [-0.15, -0.1) is 0 Å². The highest BCUT2D eigenvalue weighted by Gasteiger charge is 2.33. The molecule has 1 aromatic carbocycles. The third-order valence-corrected chi connectivity index (χ3v) is 4.20. The molecule has 0 unspecified atom stereocenters. The summed E-state index contributed by atoms with van der Waals surface area (Å²) in [5.41, 5.74) is 1.94. The topological polar surface area (TPSA) is 20.3 Å². The van der Waals surface area contributed by atoms with E-state index in [0.717, 1.165) is 31.5 Å². The highest BCUT2D eigenvalue weighted by Crippen LogP contribution is 2.27. The highest BCUT2D eigenvalue weighted by molar-refractivity contribution is 5.87. The van der Waals surface area contributed by atoms with Gasteiger partial charge < -0.3 is 4.90 Å². The smallest absolute Gasteiger partial charge is 0.232 e. The van der Waals surface area contributed by atoms with Gasteiger partial charge in [-0.05, 0) is 39.2 Å². The summed E-state index contributed by atoms with van der Waals surface area (Å²) in [7, 11) is 0. The van der Waals surface area contributed by atoms with Crippen LogP contribution in [0.3, 0.4) is 0 Å². The lowest BCUT2D eigenvalue weighted by Gasteiger charge is -2.31. The van der Waals surface area contributed by atoms with Gasteiger partial charge in [0, 0.05) is 13.1 Å². The molecule has 2 rings (SSSR count). The van der Waals surface area contributed by atoms with Crippen molar-refractivity contribution in [2.45, 2.75) is 51.9 Å². The number of benzene rings is 1. The molecule has 1 amide bonds. The number of nitrogens with zero attached hydrogens (tertiary/aromatic N) is 1. The zero-order chi connectivity index (χ0) is 13.9. The van der Waals surface area contributed by atoms with E-state index in [2.05, 4.69) is 36.1 Å². The van der Waals surface area contributed by atoms with Crippen molar-refractivity contribution in [3.63, 3.8) is 0 Å². The Morgan fingerprint density at radius 2 is 1.53 bits per heavy atom. The molecule has 0 saturated carbocycles. The SMILES string of the molecule is Cc1ccc(C(C)(C)C(=O)N2CCCCCC2)cc1. The predicted octanol–water partition coefficient (Wildman–Crippen LogP) is 3.68. The number of rotatable bonds is 2. The Labute approximate surface area is 116 Å². The molecule has 0 aliphatic carbocycles. The van der Waals surface area contributed by atoms with Gasteiger partial charge in [-0.1, -0.05) is 42.7 Å². The van der Waals surface area contributed by atoms with Crippen LogP contribution in [-0.4, -0.2) is 23.9 Å². The van der Waals surface area contributed by atoms with Gasteiger partial charge in [0.15, 0.2) is 0 Å². The van der Waals surface area contributed by atoms with Crippen LogP contribution in [-0.2, 0) is 10.2 Å². The van der Waals surface area contributed by atoms with Crippen LogP contribution in [0.2, 0.25) is 0 Å². The van der Waals surface area contributed by atoms with Crippen molar-refractivity contribution in [1.82, 2.24) is 4.90 Å². The van der Waals surface area contributed by atoms with Crippen molar-refractivity contribution in [2.75, 3.05) is 13.1 Å². The van der Waals surface area contributed by atoms with E-state index < -0.39 is 5.41 Å². The molecule has 0 spiro atoms. The lowest BCUT2D eigenvalue weighted by Crippen LogP contribution is -2.43. The number of hydrogen-bond acceptors (Lipinski definition) is 1. The normalized spacial score (nSPS) is 17.1. The molecule has 1 fully saturated rings. The van der Waals surface area contributed by atoms with Crippen LogP contribution >= 0.6 is 0 Å². The molecule has 0 bridgehead atoms. The van der Waals surface area contributed by atoms with Crippen molar-refractivity contribution < 1.29 is 4.79 Å². The first-order valence-corrected chi connectivity index (χ1v) is 7.38. The van der Waals surface area contributed by atoms with Gasteiger partial charge in [0.25, 0.3) is 0 Å². The van der Waals surface area contributed by atoms with E-state index in [4.69, 9.17) is 0 Å². The van der Waals surface area contributed by atoms with Gasteiger partial charge >= 0.3 is 0 Å². The maximum absolute atomic E-state index is 12.8. The molecule has 19 heavy (non-hydrogen) atoms. The maximum atomic E-state index is 12.8. The second-order valence-corrected chi connectivity index (χ2v) is 6.20. The van der Waals surface area contributed by atoms with Gasteiger partial charge in [-0.25, -0.2) is 0 Å². The van der Waals surface area contributed by atoms with Crippen molar-refractivity contribution >= 4 is 5.91 Å². The first-order valence-electron chi connectivity index (χ1n) is 7.38. The predicted molar refractivity (Wildman–Crippen MR) is 79.3 cm³/mol. The molecule has 0 radical (unpaired) electrons. The van der Waals surface area contributed by atoms with Gasteiger partial charge in [0.05, 0.1) is 5.41 Å². The molecular weight excluding hydrogens is 234 g/mol. The van der Waals surface area contributed by atoms with Crippen LogP contribution in [0.5, 0.6) is 0 Å². The van der Waals surface area contributed by atoms with E-state index >= 15 is 0 Å². The average molecular weight is 259 g/mol. The minimum atomic E-state index is -0.419. The molecule has 2 heteroatoms. The van der Waals surface area contributed by atoms with Crippen molar-refractivity contribution in [1.29, 1.82) is 0 Å². The van der Waals surface area contributed by atoms with Crippen LogP contribution in [0.15, 0.2) is 24.3 Å². The van der Waals surface area contributed by atoms with E-state index in [1.807, 2.05) is 13.8 Å². The summed E-state index contributed by atoms with van der Waals surface area (Å²) in [5, 5.41) is 0. The Kier molecular flexibility index (Phi) is 4.28. The fourth-order valence-electron chi connectivity index (χ4n) is 2.76. The van der Waals surface area contributed by atoms with Crippen LogP contribution in [0, 0.1) is 6.92 Å². The zero-order valence-corrected chi connectivity index (χ0v) is 12.4. The molecule has 0 atom stereocenters. The molecule has 1 aliphatic rings. The second kappa shape index (κ2) is 5.77. The summed E-state index contributed by atoms with van der Waals surface area (Å²) >= 11 is 0.